The quantitative estimate of drug-likeness (QED) is 0.0748. The minimum atomic E-state index is -0.975. The molecule has 0 aromatic heterocycles. The van der Waals surface area contributed by atoms with Crippen LogP contribution >= 0.6 is 15.9 Å². The molecule has 0 spiro atoms. The minimum absolute atomic E-state index is 0.0577. The van der Waals surface area contributed by atoms with E-state index in [1.807, 2.05) is 55.5 Å². The van der Waals surface area contributed by atoms with Gasteiger partial charge in [-0.05, 0) is 82.0 Å². The maximum atomic E-state index is 13.3. The van der Waals surface area contributed by atoms with Crippen LogP contribution in [0.25, 0.3) is 6.08 Å². The Kier molecular flexibility index (Phi) is 10.2. The molecule has 0 saturated carbocycles. The summed E-state index contributed by atoms with van der Waals surface area (Å²) in [5.74, 6) is 0.0734. The molecule has 0 radical (unpaired) electrons. The van der Waals surface area contributed by atoms with Gasteiger partial charge in [0.15, 0.2) is 23.0 Å². The fraction of sp³-hybridized carbons (Fsp3) is 0.147. The summed E-state index contributed by atoms with van der Waals surface area (Å²) in [5.41, 5.74) is 1.75. The number of rotatable bonds is 12. The van der Waals surface area contributed by atoms with Gasteiger partial charge in [0, 0.05) is 12.1 Å². The van der Waals surface area contributed by atoms with Gasteiger partial charge in [0.2, 0.25) is 0 Å². The molecular weight excluding hydrogens is 674 g/mol. The average molecular weight is 703 g/mol. The first-order chi connectivity index (χ1) is 22.7. The minimum Gasteiger partial charge on any atom is -0.493 e. The Morgan fingerprint density at radius 3 is 2.26 bits per heavy atom. The van der Waals surface area contributed by atoms with Crippen molar-refractivity contribution in [1.29, 1.82) is 0 Å². The van der Waals surface area contributed by atoms with E-state index in [0.29, 0.717) is 46.2 Å². The number of carbonyl (C=O) groups is 3. The van der Waals surface area contributed by atoms with Crippen LogP contribution in [-0.2, 0) is 22.8 Å². The molecule has 5 rings (SSSR count). The SMILES string of the molecule is CCOc1cc(COc2c(Br)cc(/C=C3/C(=O)NC(=O)N(c4ccc([N+](=O)[O-])cc4)C3=O)cc2OC)ccc1OCc1ccccc1. The van der Waals surface area contributed by atoms with E-state index in [0.717, 1.165) is 28.2 Å². The lowest BCUT2D eigenvalue weighted by Crippen LogP contribution is -2.54. The van der Waals surface area contributed by atoms with E-state index in [9.17, 15) is 24.5 Å². The number of nitrogens with zero attached hydrogens (tertiary/aromatic N) is 2. The van der Waals surface area contributed by atoms with E-state index in [1.54, 1.807) is 12.1 Å². The zero-order chi connectivity index (χ0) is 33.5. The second-order valence-corrected chi connectivity index (χ2v) is 10.9. The first-order valence-corrected chi connectivity index (χ1v) is 15.1. The van der Waals surface area contributed by atoms with Gasteiger partial charge in [0.25, 0.3) is 17.5 Å². The zero-order valence-corrected chi connectivity index (χ0v) is 26.8. The monoisotopic (exact) mass is 701 g/mol. The fourth-order valence-electron chi connectivity index (χ4n) is 4.67. The fourth-order valence-corrected chi connectivity index (χ4v) is 5.24. The molecule has 1 N–H and O–H groups in total. The lowest BCUT2D eigenvalue weighted by Gasteiger charge is -2.26. The zero-order valence-electron chi connectivity index (χ0n) is 25.2. The Hall–Kier alpha value is -5.69. The maximum Gasteiger partial charge on any atom is 0.335 e. The summed E-state index contributed by atoms with van der Waals surface area (Å²) in [6.07, 6.45) is 1.31. The lowest BCUT2D eigenvalue weighted by atomic mass is 10.1. The molecule has 1 heterocycles. The molecular formula is C34H28BrN3O9. The van der Waals surface area contributed by atoms with Crippen molar-refractivity contribution in [2.45, 2.75) is 20.1 Å². The standard InChI is InChI=1S/C34H28BrN3O9/c1-3-45-29-17-22(9-14-28(29)46-19-21-7-5-4-6-8-21)20-47-31-27(35)16-23(18-30(31)44-2)15-26-32(39)36-34(41)37(33(26)40)24-10-12-25(13-11-24)38(42)43/h4-18H,3,19-20H2,1-2H3,(H,36,39,41)/b26-15-. The molecule has 12 nitrogen and oxygen atoms in total. The van der Waals surface area contributed by atoms with Crippen molar-refractivity contribution in [3.63, 3.8) is 0 Å². The van der Waals surface area contributed by atoms with Crippen LogP contribution in [0.5, 0.6) is 23.0 Å². The number of methoxy groups -OCH3 is 1. The van der Waals surface area contributed by atoms with E-state index in [1.165, 1.54) is 25.3 Å². The topological polar surface area (TPSA) is 147 Å². The molecule has 1 saturated heterocycles. The van der Waals surface area contributed by atoms with Gasteiger partial charge >= 0.3 is 6.03 Å². The number of nitro benzene ring substituents is 1. The number of imide groups is 2. The van der Waals surface area contributed by atoms with Gasteiger partial charge in [0.1, 0.15) is 18.8 Å². The van der Waals surface area contributed by atoms with Crippen LogP contribution in [0.1, 0.15) is 23.6 Å². The van der Waals surface area contributed by atoms with Gasteiger partial charge in [-0.1, -0.05) is 36.4 Å². The summed E-state index contributed by atoms with van der Waals surface area (Å²) in [7, 11) is 1.45. The van der Waals surface area contributed by atoms with Crippen LogP contribution in [0.3, 0.4) is 0 Å². The average Bonchev–Trinajstić information content (AvgIpc) is 3.06. The molecule has 4 aromatic carbocycles. The maximum absolute atomic E-state index is 13.3. The number of nitrogens with one attached hydrogen (secondary N) is 1. The summed E-state index contributed by atoms with van der Waals surface area (Å²) in [6, 6.07) is 22.4. The summed E-state index contributed by atoms with van der Waals surface area (Å²) in [5, 5.41) is 13.1. The molecule has 0 aliphatic carbocycles. The molecule has 0 atom stereocenters. The molecule has 4 amide bonds. The number of anilines is 1. The van der Waals surface area contributed by atoms with Crippen LogP contribution in [0.2, 0.25) is 0 Å². The van der Waals surface area contributed by atoms with Gasteiger partial charge in [-0.2, -0.15) is 0 Å². The molecule has 1 aliphatic heterocycles. The Bertz CT molecular complexity index is 1860. The molecule has 13 heteroatoms. The van der Waals surface area contributed by atoms with Gasteiger partial charge in [-0.15, -0.1) is 0 Å². The van der Waals surface area contributed by atoms with Crippen molar-refractivity contribution >= 4 is 51.2 Å². The Balaban J connectivity index is 1.34. The van der Waals surface area contributed by atoms with Crippen molar-refractivity contribution in [3.8, 4) is 23.0 Å². The number of halogens is 1. The van der Waals surface area contributed by atoms with Crippen LogP contribution in [0.15, 0.2) is 95.0 Å². The highest BCUT2D eigenvalue weighted by molar-refractivity contribution is 9.10. The van der Waals surface area contributed by atoms with Crippen molar-refractivity contribution in [3.05, 3.63) is 122 Å². The van der Waals surface area contributed by atoms with Gasteiger partial charge in [0.05, 0.1) is 28.8 Å². The predicted octanol–water partition coefficient (Wildman–Crippen LogP) is 6.59. The van der Waals surface area contributed by atoms with Gasteiger partial charge < -0.3 is 18.9 Å². The number of hydrogen-bond donors (Lipinski definition) is 1. The summed E-state index contributed by atoms with van der Waals surface area (Å²) >= 11 is 3.49. The van der Waals surface area contributed by atoms with Crippen LogP contribution in [0.4, 0.5) is 16.2 Å². The van der Waals surface area contributed by atoms with Crippen LogP contribution in [0, 0.1) is 10.1 Å². The molecule has 1 aliphatic rings. The summed E-state index contributed by atoms with van der Waals surface area (Å²) < 4.78 is 24.0. The molecule has 0 unspecified atom stereocenters. The molecule has 240 valence electrons. The van der Waals surface area contributed by atoms with Gasteiger partial charge in [-0.3, -0.25) is 25.0 Å². The molecule has 4 aromatic rings. The first kappa shape index (κ1) is 32.7. The number of urea groups is 1. The van der Waals surface area contributed by atoms with Crippen molar-refractivity contribution in [2.24, 2.45) is 0 Å². The van der Waals surface area contributed by atoms with Gasteiger partial charge in [-0.25, -0.2) is 9.69 Å². The molecule has 0 bridgehead atoms. The Morgan fingerprint density at radius 2 is 1.57 bits per heavy atom. The number of ether oxygens (including phenoxy) is 4. The lowest BCUT2D eigenvalue weighted by molar-refractivity contribution is -0.384. The van der Waals surface area contributed by atoms with E-state index in [4.69, 9.17) is 18.9 Å². The highest BCUT2D eigenvalue weighted by Crippen LogP contribution is 2.39. The number of non-ortho nitro benzene ring substituents is 1. The summed E-state index contributed by atoms with van der Waals surface area (Å²) in [4.78, 5) is 49.7. The van der Waals surface area contributed by atoms with E-state index in [-0.39, 0.29) is 23.6 Å². The highest BCUT2D eigenvalue weighted by atomic mass is 79.9. The smallest absolute Gasteiger partial charge is 0.335 e. The number of amides is 4. The highest BCUT2D eigenvalue weighted by Gasteiger charge is 2.37. The Morgan fingerprint density at radius 1 is 0.851 bits per heavy atom. The van der Waals surface area contributed by atoms with E-state index >= 15 is 0 Å². The number of hydrogen-bond acceptors (Lipinski definition) is 9. The third-order valence-corrected chi connectivity index (χ3v) is 7.50. The van der Waals surface area contributed by atoms with Crippen LogP contribution < -0.4 is 29.2 Å². The van der Waals surface area contributed by atoms with Crippen LogP contribution in [-0.4, -0.2) is 36.5 Å². The molecule has 47 heavy (non-hydrogen) atoms. The number of benzene rings is 4. The first-order valence-electron chi connectivity index (χ1n) is 14.3. The number of barbiturate groups is 1. The molecule has 1 fully saturated rings. The van der Waals surface area contributed by atoms with Crippen molar-refractivity contribution < 1.29 is 38.3 Å². The Labute approximate surface area is 277 Å². The van der Waals surface area contributed by atoms with Crippen molar-refractivity contribution in [2.75, 3.05) is 18.6 Å². The second-order valence-electron chi connectivity index (χ2n) is 10.0. The van der Waals surface area contributed by atoms with Crippen molar-refractivity contribution in [1.82, 2.24) is 5.32 Å². The normalized spacial score (nSPS) is 13.7. The third-order valence-electron chi connectivity index (χ3n) is 6.91. The number of nitro groups is 1. The third kappa shape index (κ3) is 7.59. The van der Waals surface area contributed by atoms with E-state index < -0.39 is 22.8 Å². The largest absolute Gasteiger partial charge is 0.493 e. The second kappa shape index (κ2) is 14.6. The van der Waals surface area contributed by atoms with E-state index in [2.05, 4.69) is 21.2 Å². The number of carbonyl (C=O) groups excluding carboxylic acids is 3. The summed E-state index contributed by atoms with van der Waals surface area (Å²) in [6.45, 7) is 2.88. The predicted molar refractivity (Wildman–Crippen MR) is 176 cm³/mol.